The number of nitrogens with zero attached hydrogens (tertiary/aromatic N) is 2. The van der Waals surface area contributed by atoms with Crippen molar-refractivity contribution in [2.24, 2.45) is 0 Å². The molecule has 1 aromatic heterocycles. The fourth-order valence-corrected chi connectivity index (χ4v) is 0.884. The number of aromatic nitrogens is 1. The number of hydrogen-bond acceptors (Lipinski definition) is 6. The van der Waals surface area contributed by atoms with Crippen LogP contribution in [0.4, 0.5) is 19.0 Å². The van der Waals surface area contributed by atoms with E-state index in [0.29, 0.717) is 6.07 Å². The third-order valence-corrected chi connectivity index (χ3v) is 1.50. The van der Waals surface area contributed by atoms with Crippen LogP contribution in [0.1, 0.15) is 10.4 Å². The van der Waals surface area contributed by atoms with Crippen molar-refractivity contribution in [1.29, 1.82) is 0 Å². The molecule has 0 bridgehead atoms. The number of carbonyl (C=O) groups is 1. The lowest BCUT2D eigenvalue weighted by molar-refractivity contribution is -0.390. The Labute approximate surface area is 90.6 Å². The van der Waals surface area contributed by atoms with Crippen LogP contribution in [-0.2, 0) is 0 Å². The number of rotatable bonds is 3. The molecule has 0 aliphatic carbocycles. The maximum Gasteiger partial charge on any atom is 0.575 e. The normalized spacial score (nSPS) is 11.0. The first-order valence-corrected chi connectivity index (χ1v) is 3.84. The van der Waals surface area contributed by atoms with Crippen LogP contribution < -0.4 is 4.74 Å². The number of halogens is 3. The summed E-state index contributed by atoms with van der Waals surface area (Å²) in [5.41, 5.74) is -0.731. The number of ether oxygens (including phenoxy) is 1. The summed E-state index contributed by atoms with van der Waals surface area (Å²) in [6.45, 7) is 0. The molecule has 0 saturated carbocycles. The maximum atomic E-state index is 11.9. The first kappa shape index (κ1) is 12.7. The molecule has 1 heterocycles. The highest BCUT2D eigenvalue weighted by atomic mass is 19.4. The van der Waals surface area contributed by atoms with Gasteiger partial charge in [0.2, 0.25) is 5.75 Å². The van der Waals surface area contributed by atoms with Gasteiger partial charge in [-0.05, 0) is 4.92 Å². The van der Waals surface area contributed by atoms with E-state index in [9.17, 15) is 28.1 Å². The van der Waals surface area contributed by atoms with E-state index in [1.807, 2.05) is 0 Å². The lowest BCUT2D eigenvalue weighted by Crippen LogP contribution is -2.18. The Bertz CT molecular complexity index is 473. The maximum absolute atomic E-state index is 11.9. The average Bonchev–Trinajstić information content (AvgIpc) is 2.18. The predicted octanol–water partition coefficient (Wildman–Crippen LogP) is 1.41. The third-order valence-electron chi connectivity index (χ3n) is 1.50. The fraction of sp³-hybridized carbons (Fsp3) is 0.143. The molecule has 0 fully saturated rings. The van der Waals surface area contributed by atoms with Gasteiger partial charge in [-0.15, -0.1) is 13.2 Å². The van der Waals surface area contributed by atoms with E-state index < -0.39 is 34.3 Å². The van der Waals surface area contributed by atoms with Crippen LogP contribution >= 0.6 is 0 Å². The van der Waals surface area contributed by atoms with Gasteiger partial charge >= 0.3 is 18.1 Å². The standard InChI is InChI=1S/C7H3F3N2O5/c8-7(9,10)17-6-5(14)3(2-13)1-4(11-6)12(15)16/h1-2,14H. The number of alkyl halides is 3. The molecule has 7 nitrogen and oxygen atoms in total. The van der Waals surface area contributed by atoms with Gasteiger partial charge in [-0.1, -0.05) is 0 Å². The van der Waals surface area contributed by atoms with Crippen LogP contribution in [-0.4, -0.2) is 27.7 Å². The zero-order chi connectivity index (χ0) is 13.2. The number of nitro groups is 1. The molecule has 0 atom stereocenters. The van der Waals surface area contributed by atoms with Gasteiger partial charge in [0.15, 0.2) is 6.29 Å². The van der Waals surface area contributed by atoms with Gasteiger partial charge in [0.25, 0.3) is 0 Å². The fourth-order valence-electron chi connectivity index (χ4n) is 0.884. The quantitative estimate of drug-likeness (QED) is 0.495. The number of pyridine rings is 1. The summed E-state index contributed by atoms with van der Waals surface area (Å²) in [6, 6.07) is 0.519. The molecule has 0 spiro atoms. The largest absolute Gasteiger partial charge is 0.575 e. The van der Waals surface area contributed by atoms with E-state index in [2.05, 4.69) is 9.72 Å². The summed E-state index contributed by atoms with van der Waals surface area (Å²) < 4.78 is 38.8. The van der Waals surface area contributed by atoms with Crippen molar-refractivity contribution < 1.29 is 32.7 Å². The molecular weight excluding hydrogens is 249 g/mol. The monoisotopic (exact) mass is 252 g/mol. The van der Waals surface area contributed by atoms with Crippen molar-refractivity contribution in [2.45, 2.75) is 6.36 Å². The van der Waals surface area contributed by atoms with Crippen LogP contribution in [0, 0.1) is 10.1 Å². The Morgan fingerprint density at radius 1 is 1.53 bits per heavy atom. The van der Waals surface area contributed by atoms with E-state index in [1.54, 1.807) is 0 Å². The van der Waals surface area contributed by atoms with Crippen LogP contribution in [0.3, 0.4) is 0 Å². The van der Waals surface area contributed by atoms with Crippen LogP contribution in [0.15, 0.2) is 6.07 Å². The first-order chi connectivity index (χ1) is 7.74. The number of carbonyl (C=O) groups excluding carboxylic acids is 1. The lowest BCUT2D eigenvalue weighted by Gasteiger charge is -2.06. The predicted molar refractivity (Wildman–Crippen MR) is 44.6 cm³/mol. The summed E-state index contributed by atoms with van der Waals surface area (Å²) in [5, 5.41) is 19.4. The molecule has 0 radical (unpaired) electrons. The number of aromatic hydroxyl groups is 1. The van der Waals surface area contributed by atoms with Gasteiger partial charge in [0, 0.05) is 4.98 Å². The van der Waals surface area contributed by atoms with E-state index in [0.717, 1.165) is 0 Å². The second-order valence-corrected chi connectivity index (χ2v) is 2.65. The highest BCUT2D eigenvalue weighted by Gasteiger charge is 2.36. The Balaban J connectivity index is 3.32. The van der Waals surface area contributed by atoms with Gasteiger partial charge in [0.05, 0.1) is 11.6 Å². The topological polar surface area (TPSA) is 103 Å². The lowest BCUT2D eigenvalue weighted by atomic mass is 10.2. The molecule has 1 rings (SSSR count). The molecule has 92 valence electrons. The van der Waals surface area contributed by atoms with E-state index in [-0.39, 0.29) is 6.29 Å². The van der Waals surface area contributed by atoms with Crippen molar-refractivity contribution >= 4 is 12.1 Å². The van der Waals surface area contributed by atoms with Gasteiger partial charge < -0.3 is 20.0 Å². The molecule has 0 aliphatic heterocycles. The van der Waals surface area contributed by atoms with Crippen molar-refractivity contribution in [3.63, 3.8) is 0 Å². The highest BCUT2D eigenvalue weighted by Crippen LogP contribution is 2.33. The first-order valence-electron chi connectivity index (χ1n) is 3.84. The Morgan fingerprint density at radius 2 is 2.12 bits per heavy atom. The third kappa shape index (κ3) is 3.03. The molecular formula is C7H3F3N2O5. The van der Waals surface area contributed by atoms with Crippen LogP contribution in [0.25, 0.3) is 0 Å². The van der Waals surface area contributed by atoms with Crippen molar-refractivity contribution in [2.75, 3.05) is 0 Å². The summed E-state index contributed by atoms with van der Waals surface area (Å²) >= 11 is 0. The molecule has 0 amide bonds. The summed E-state index contributed by atoms with van der Waals surface area (Å²) in [5.74, 6) is -3.72. The number of hydrogen-bond donors (Lipinski definition) is 1. The second-order valence-electron chi connectivity index (χ2n) is 2.65. The Hall–Kier alpha value is -2.39. The minimum absolute atomic E-state index is 0.0623. The average molecular weight is 252 g/mol. The minimum atomic E-state index is -5.19. The van der Waals surface area contributed by atoms with E-state index >= 15 is 0 Å². The molecule has 1 aromatic rings. The van der Waals surface area contributed by atoms with E-state index in [1.165, 1.54) is 0 Å². The van der Waals surface area contributed by atoms with Gasteiger partial charge in [-0.25, -0.2) is 0 Å². The molecule has 17 heavy (non-hydrogen) atoms. The second kappa shape index (κ2) is 4.23. The molecule has 0 saturated heterocycles. The highest BCUT2D eigenvalue weighted by molar-refractivity contribution is 5.81. The molecule has 10 heteroatoms. The SMILES string of the molecule is O=Cc1cc([N+](=O)[O-])nc(OC(F)(F)F)c1O. The minimum Gasteiger partial charge on any atom is -0.501 e. The Kier molecular flexibility index (Phi) is 3.16. The number of aldehydes is 1. The molecule has 1 N–H and O–H groups in total. The van der Waals surface area contributed by atoms with Gasteiger partial charge in [-0.3, -0.25) is 4.79 Å². The zero-order valence-electron chi connectivity index (χ0n) is 7.76. The molecule has 0 unspecified atom stereocenters. The van der Waals surface area contributed by atoms with Crippen molar-refractivity contribution in [3.05, 3.63) is 21.7 Å². The summed E-state index contributed by atoms with van der Waals surface area (Å²) in [7, 11) is 0. The molecule has 0 aliphatic rings. The zero-order valence-corrected chi connectivity index (χ0v) is 7.76. The Morgan fingerprint density at radius 3 is 2.53 bits per heavy atom. The van der Waals surface area contributed by atoms with Crippen LogP contribution in [0.5, 0.6) is 11.6 Å². The summed E-state index contributed by atoms with van der Waals surface area (Å²) in [6.07, 6.45) is -5.26. The molecule has 0 aromatic carbocycles. The summed E-state index contributed by atoms with van der Waals surface area (Å²) in [4.78, 5) is 22.4. The van der Waals surface area contributed by atoms with Crippen molar-refractivity contribution in [1.82, 2.24) is 4.98 Å². The van der Waals surface area contributed by atoms with E-state index in [4.69, 9.17) is 5.11 Å². The van der Waals surface area contributed by atoms with Crippen LogP contribution in [0.2, 0.25) is 0 Å². The van der Waals surface area contributed by atoms with Crippen molar-refractivity contribution in [3.8, 4) is 11.6 Å². The van der Waals surface area contributed by atoms with Gasteiger partial charge in [-0.2, -0.15) is 0 Å². The van der Waals surface area contributed by atoms with Gasteiger partial charge in [0.1, 0.15) is 0 Å². The smallest absolute Gasteiger partial charge is 0.501 e.